The van der Waals surface area contributed by atoms with Gasteiger partial charge in [0.2, 0.25) is 0 Å². The fourth-order valence-electron chi connectivity index (χ4n) is 3.45. The van der Waals surface area contributed by atoms with Gasteiger partial charge in [-0.15, -0.1) is 0 Å². The van der Waals surface area contributed by atoms with Crippen molar-refractivity contribution in [2.45, 2.75) is 18.9 Å². The van der Waals surface area contributed by atoms with Crippen molar-refractivity contribution in [2.75, 3.05) is 25.5 Å². The molecule has 0 bridgehead atoms. The minimum atomic E-state index is 0.195. The van der Waals surface area contributed by atoms with E-state index >= 15 is 0 Å². The molecule has 0 unspecified atom stereocenters. The van der Waals surface area contributed by atoms with Gasteiger partial charge in [-0.05, 0) is 50.7 Å². The van der Waals surface area contributed by atoms with Gasteiger partial charge in [-0.2, -0.15) is 0 Å². The third kappa shape index (κ3) is 3.28. The Hall–Kier alpha value is -2.66. The monoisotopic (exact) mass is 334 g/mol. The van der Waals surface area contributed by atoms with Crippen molar-refractivity contribution in [1.29, 1.82) is 0 Å². The van der Waals surface area contributed by atoms with Crippen LogP contribution in [0, 0.1) is 0 Å². The van der Waals surface area contributed by atoms with E-state index in [9.17, 15) is 5.11 Å². The van der Waals surface area contributed by atoms with Crippen LogP contribution in [0.4, 0.5) is 5.82 Å². The summed E-state index contributed by atoms with van der Waals surface area (Å²) in [5.74, 6) is 1.58. The highest BCUT2D eigenvalue weighted by Crippen LogP contribution is 2.30. The lowest BCUT2D eigenvalue weighted by Crippen LogP contribution is -2.40. The number of rotatable bonds is 3. The molecule has 2 aromatic carbocycles. The van der Waals surface area contributed by atoms with E-state index in [0.717, 1.165) is 36.2 Å². The molecule has 1 saturated heterocycles. The summed E-state index contributed by atoms with van der Waals surface area (Å²) in [4.78, 5) is 11.7. The molecular weight excluding hydrogens is 312 g/mol. The van der Waals surface area contributed by atoms with Crippen molar-refractivity contribution in [3.8, 4) is 17.1 Å². The molecule has 5 heteroatoms. The molecule has 1 aliphatic heterocycles. The Balaban J connectivity index is 1.78. The largest absolute Gasteiger partial charge is 0.507 e. The maximum absolute atomic E-state index is 10.2. The molecule has 0 radical (unpaired) electrons. The van der Waals surface area contributed by atoms with Crippen LogP contribution >= 0.6 is 0 Å². The number of likely N-dealkylation sites (tertiary alicyclic amines) is 1. The van der Waals surface area contributed by atoms with E-state index in [-0.39, 0.29) is 5.75 Å². The summed E-state index contributed by atoms with van der Waals surface area (Å²) in [6.45, 7) is 2.15. The van der Waals surface area contributed by atoms with Crippen molar-refractivity contribution in [1.82, 2.24) is 14.9 Å². The lowest BCUT2D eigenvalue weighted by Gasteiger charge is -2.30. The molecule has 1 atom stereocenters. The number of fused-ring (bicyclic) bond motifs is 1. The Morgan fingerprint density at radius 2 is 1.88 bits per heavy atom. The first kappa shape index (κ1) is 15.8. The van der Waals surface area contributed by atoms with Gasteiger partial charge in [-0.3, -0.25) is 0 Å². The summed E-state index contributed by atoms with van der Waals surface area (Å²) in [5, 5.41) is 14.8. The molecule has 25 heavy (non-hydrogen) atoms. The third-order valence-corrected chi connectivity index (χ3v) is 4.71. The number of aromatic hydroxyl groups is 1. The Kier molecular flexibility index (Phi) is 4.24. The molecule has 0 saturated carbocycles. The lowest BCUT2D eigenvalue weighted by molar-refractivity contribution is 0.261. The van der Waals surface area contributed by atoms with Gasteiger partial charge in [0.25, 0.3) is 0 Å². The van der Waals surface area contributed by atoms with Gasteiger partial charge in [0.15, 0.2) is 5.82 Å². The molecule has 1 aromatic heterocycles. The number of anilines is 1. The minimum absolute atomic E-state index is 0.195. The fraction of sp³-hybridized carbons (Fsp3) is 0.300. The van der Waals surface area contributed by atoms with Crippen LogP contribution in [0.25, 0.3) is 22.3 Å². The van der Waals surface area contributed by atoms with Crippen molar-refractivity contribution >= 4 is 16.7 Å². The Bertz CT molecular complexity index is 896. The smallest absolute Gasteiger partial charge is 0.165 e. The number of aromatic nitrogens is 2. The highest BCUT2D eigenvalue weighted by atomic mass is 16.3. The Morgan fingerprint density at radius 1 is 1.08 bits per heavy atom. The number of piperidine rings is 1. The molecule has 4 rings (SSSR count). The van der Waals surface area contributed by atoms with Gasteiger partial charge < -0.3 is 15.3 Å². The zero-order valence-electron chi connectivity index (χ0n) is 14.3. The first-order valence-electron chi connectivity index (χ1n) is 8.71. The second-order valence-corrected chi connectivity index (χ2v) is 6.68. The van der Waals surface area contributed by atoms with Gasteiger partial charge >= 0.3 is 0 Å². The van der Waals surface area contributed by atoms with Crippen LogP contribution in [0.2, 0.25) is 0 Å². The minimum Gasteiger partial charge on any atom is -0.507 e. The number of para-hydroxylation sites is 2. The molecular formula is C20H22N4O. The number of phenolic OH excluding ortho intramolecular Hbond substituents is 1. The van der Waals surface area contributed by atoms with E-state index in [2.05, 4.69) is 22.2 Å². The first-order chi connectivity index (χ1) is 12.2. The van der Waals surface area contributed by atoms with Crippen LogP contribution in [-0.4, -0.2) is 46.2 Å². The number of phenols is 1. The number of likely N-dealkylation sites (N-methyl/N-ethyl adjacent to an activating group) is 1. The molecule has 0 aliphatic carbocycles. The molecule has 1 aliphatic rings. The topological polar surface area (TPSA) is 61.3 Å². The van der Waals surface area contributed by atoms with Crippen LogP contribution in [-0.2, 0) is 0 Å². The highest BCUT2D eigenvalue weighted by Gasteiger charge is 2.19. The second kappa shape index (κ2) is 6.69. The number of nitrogens with zero attached hydrogens (tertiary/aromatic N) is 3. The molecule has 0 amide bonds. The maximum Gasteiger partial charge on any atom is 0.165 e. The number of hydrogen-bond acceptors (Lipinski definition) is 5. The van der Waals surface area contributed by atoms with Gasteiger partial charge in [0, 0.05) is 18.0 Å². The lowest BCUT2D eigenvalue weighted by atomic mass is 10.1. The summed E-state index contributed by atoms with van der Waals surface area (Å²) in [6.07, 6.45) is 2.32. The molecule has 2 heterocycles. The molecule has 2 N–H and O–H groups in total. The van der Waals surface area contributed by atoms with Crippen molar-refractivity contribution in [3.63, 3.8) is 0 Å². The van der Waals surface area contributed by atoms with Crippen LogP contribution in [0.1, 0.15) is 12.8 Å². The highest BCUT2D eigenvalue weighted by molar-refractivity contribution is 5.91. The van der Waals surface area contributed by atoms with E-state index in [0.29, 0.717) is 17.4 Å². The third-order valence-electron chi connectivity index (χ3n) is 4.71. The summed E-state index contributed by atoms with van der Waals surface area (Å²) in [7, 11) is 2.15. The molecule has 5 nitrogen and oxygen atoms in total. The summed E-state index contributed by atoms with van der Waals surface area (Å²) >= 11 is 0. The zero-order valence-corrected chi connectivity index (χ0v) is 14.3. The first-order valence-corrected chi connectivity index (χ1v) is 8.71. The number of hydrogen-bond donors (Lipinski definition) is 2. The second-order valence-electron chi connectivity index (χ2n) is 6.68. The number of benzene rings is 2. The van der Waals surface area contributed by atoms with Crippen molar-refractivity contribution in [3.05, 3.63) is 48.5 Å². The average Bonchev–Trinajstić information content (AvgIpc) is 2.62. The van der Waals surface area contributed by atoms with Gasteiger partial charge in [-0.1, -0.05) is 24.3 Å². The van der Waals surface area contributed by atoms with Crippen molar-refractivity contribution < 1.29 is 5.11 Å². The summed E-state index contributed by atoms with van der Waals surface area (Å²) < 4.78 is 0. The van der Waals surface area contributed by atoms with Gasteiger partial charge in [0.1, 0.15) is 11.6 Å². The summed E-state index contributed by atoms with van der Waals surface area (Å²) in [6, 6.07) is 15.6. The van der Waals surface area contributed by atoms with Gasteiger partial charge in [0.05, 0.1) is 11.1 Å². The van der Waals surface area contributed by atoms with Crippen LogP contribution in [0.5, 0.6) is 5.75 Å². The van der Waals surface area contributed by atoms with Crippen LogP contribution < -0.4 is 5.32 Å². The molecule has 1 fully saturated rings. The molecule has 0 spiro atoms. The average molecular weight is 334 g/mol. The maximum atomic E-state index is 10.2. The van der Waals surface area contributed by atoms with E-state index in [1.165, 1.54) is 6.42 Å². The van der Waals surface area contributed by atoms with E-state index in [4.69, 9.17) is 4.98 Å². The summed E-state index contributed by atoms with van der Waals surface area (Å²) in [5.41, 5.74) is 1.53. The zero-order chi connectivity index (χ0) is 17.2. The Labute approximate surface area is 147 Å². The van der Waals surface area contributed by atoms with E-state index in [1.54, 1.807) is 12.1 Å². The van der Waals surface area contributed by atoms with Gasteiger partial charge in [-0.25, -0.2) is 9.97 Å². The quantitative estimate of drug-likeness (QED) is 0.767. The normalized spacial score (nSPS) is 18.4. The van der Waals surface area contributed by atoms with E-state index < -0.39 is 0 Å². The molecule has 128 valence electrons. The van der Waals surface area contributed by atoms with Crippen LogP contribution in [0.3, 0.4) is 0 Å². The fourth-order valence-corrected chi connectivity index (χ4v) is 3.45. The molecule has 3 aromatic rings. The predicted octanol–water partition coefficient (Wildman–Crippen LogP) is 3.51. The standard InChI is InChI=1S/C20H22N4O/c1-24-12-6-7-14(13-24)21-19-15-8-2-4-10-17(15)22-20(23-19)16-9-3-5-11-18(16)25/h2-5,8-11,14,25H,6-7,12-13H2,1H3,(H,21,22,23)/t14-/m1/s1. The Morgan fingerprint density at radius 3 is 2.72 bits per heavy atom. The number of nitrogens with one attached hydrogen (secondary N) is 1. The predicted molar refractivity (Wildman–Crippen MR) is 101 cm³/mol. The SMILES string of the molecule is CN1CCC[C@@H](Nc2nc(-c3ccccc3O)nc3ccccc23)C1. The van der Waals surface area contributed by atoms with E-state index in [1.807, 2.05) is 36.4 Å². The van der Waals surface area contributed by atoms with Crippen molar-refractivity contribution in [2.24, 2.45) is 0 Å². The van der Waals surface area contributed by atoms with Crippen LogP contribution in [0.15, 0.2) is 48.5 Å².